The van der Waals surface area contributed by atoms with E-state index in [-0.39, 0.29) is 17.4 Å². The number of hydrogen-bond donors (Lipinski definition) is 2. The number of pyridine rings is 1. The third kappa shape index (κ3) is 4.09. The molecule has 0 aliphatic carbocycles. The molecule has 5 rings (SSSR count). The Kier molecular flexibility index (Phi) is 5.27. The Hall–Kier alpha value is -4.28. The molecule has 2 N–H and O–H groups in total. The zero-order valence-corrected chi connectivity index (χ0v) is 18.7. The van der Waals surface area contributed by atoms with Gasteiger partial charge < -0.3 is 20.1 Å². The third-order valence-corrected chi connectivity index (χ3v) is 6.01. The van der Waals surface area contributed by atoms with E-state index in [0.29, 0.717) is 29.0 Å². The van der Waals surface area contributed by atoms with E-state index in [9.17, 15) is 23.1 Å². The van der Waals surface area contributed by atoms with Crippen LogP contribution in [0.2, 0.25) is 0 Å². The highest BCUT2D eigenvalue weighted by molar-refractivity contribution is 5.97. The lowest BCUT2D eigenvalue weighted by Gasteiger charge is -2.20. The Morgan fingerprint density at radius 1 is 1.20 bits per heavy atom. The number of fused-ring (bicyclic) bond motifs is 2. The van der Waals surface area contributed by atoms with Crippen LogP contribution in [0.1, 0.15) is 27.8 Å². The third-order valence-electron chi connectivity index (χ3n) is 6.01. The Bertz CT molecular complexity index is 1430. The van der Waals surface area contributed by atoms with E-state index in [0.717, 1.165) is 16.8 Å². The molecule has 1 unspecified atom stereocenters. The van der Waals surface area contributed by atoms with Crippen molar-refractivity contribution >= 4 is 33.9 Å². The molecule has 0 saturated carbocycles. The van der Waals surface area contributed by atoms with Crippen LogP contribution in [-0.2, 0) is 13.5 Å². The molecule has 0 fully saturated rings. The number of carbonyl (C=O) groups is 1. The highest BCUT2D eigenvalue weighted by atomic mass is 19.4. The van der Waals surface area contributed by atoms with Crippen LogP contribution in [0.5, 0.6) is 5.75 Å². The lowest BCUT2D eigenvalue weighted by atomic mass is 10.1. The smallest absolute Gasteiger partial charge is 0.478 e. The zero-order valence-electron chi connectivity index (χ0n) is 18.7. The average molecular weight is 483 g/mol. The first kappa shape index (κ1) is 22.5. The number of benzene rings is 2. The minimum absolute atomic E-state index is 0.169. The summed E-state index contributed by atoms with van der Waals surface area (Å²) in [6, 6.07) is 12.5. The van der Waals surface area contributed by atoms with Gasteiger partial charge in [-0.3, -0.25) is 9.67 Å². The predicted octanol–water partition coefficient (Wildman–Crippen LogP) is 5.04. The number of aromatic carboxylic acids is 1. The summed E-state index contributed by atoms with van der Waals surface area (Å²) in [5, 5.41) is 18.4. The van der Waals surface area contributed by atoms with Gasteiger partial charge in [-0.05, 0) is 36.4 Å². The van der Waals surface area contributed by atoms with E-state index in [1.807, 2.05) is 30.1 Å². The van der Waals surface area contributed by atoms with Crippen LogP contribution in [-0.4, -0.2) is 39.3 Å². The first-order valence-corrected chi connectivity index (χ1v) is 10.7. The summed E-state index contributed by atoms with van der Waals surface area (Å²) >= 11 is 0. The van der Waals surface area contributed by atoms with Gasteiger partial charge in [-0.25, -0.2) is 4.79 Å². The highest BCUT2D eigenvalue weighted by Gasteiger charge is 2.32. The maximum Gasteiger partial charge on any atom is 0.573 e. The van der Waals surface area contributed by atoms with Gasteiger partial charge in [0.25, 0.3) is 0 Å². The van der Waals surface area contributed by atoms with Crippen molar-refractivity contribution in [2.24, 2.45) is 7.05 Å². The lowest BCUT2D eigenvalue weighted by Crippen LogP contribution is -2.17. The summed E-state index contributed by atoms with van der Waals surface area (Å²) in [7, 11) is 3.62. The van der Waals surface area contributed by atoms with Crippen molar-refractivity contribution in [3.8, 4) is 5.75 Å². The molecule has 0 bridgehead atoms. The van der Waals surface area contributed by atoms with Crippen molar-refractivity contribution < 1.29 is 27.8 Å². The molecular weight excluding hydrogens is 463 g/mol. The lowest BCUT2D eigenvalue weighted by molar-refractivity contribution is -0.274. The minimum Gasteiger partial charge on any atom is -0.478 e. The van der Waals surface area contributed by atoms with Crippen molar-refractivity contribution in [1.82, 2.24) is 14.8 Å². The molecule has 2 aromatic carbocycles. The fourth-order valence-corrected chi connectivity index (χ4v) is 4.50. The van der Waals surface area contributed by atoms with Crippen LogP contribution in [0, 0.1) is 0 Å². The Morgan fingerprint density at radius 3 is 2.63 bits per heavy atom. The molecule has 35 heavy (non-hydrogen) atoms. The number of aromatic nitrogens is 3. The van der Waals surface area contributed by atoms with Crippen molar-refractivity contribution in [2.45, 2.75) is 18.8 Å². The summed E-state index contributed by atoms with van der Waals surface area (Å²) < 4.78 is 43.1. The largest absolute Gasteiger partial charge is 0.573 e. The SMILES string of the molecule is CN(c1ccc(OC(F)(F)F)cc1)c1cccc2c(C3Cc4nccc(C(=O)O)c4N3)n(C)nc12. The first-order chi connectivity index (χ1) is 16.6. The molecule has 11 heteroatoms. The molecule has 3 heterocycles. The summed E-state index contributed by atoms with van der Waals surface area (Å²) in [5.74, 6) is -1.32. The molecule has 4 aromatic rings. The summed E-state index contributed by atoms with van der Waals surface area (Å²) in [6.45, 7) is 0. The predicted molar refractivity (Wildman–Crippen MR) is 123 cm³/mol. The molecule has 0 radical (unpaired) electrons. The van der Waals surface area contributed by atoms with Crippen LogP contribution in [0.3, 0.4) is 0 Å². The topological polar surface area (TPSA) is 92.5 Å². The Labute approximate surface area is 197 Å². The van der Waals surface area contributed by atoms with Gasteiger partial charge in [0.1, 0.15) is 11.3 Å². The molecule has 0 amide bonds. The van der Waals surface area contributed by atoms with E-state index >= 15 is 0 Å². The second-order valence-electron chi connectivity index (χ2n) is 8.17. The summed E-state index contributed by atoms with van der Waals surface area (Å²) in [5.41, 5.74) is 4.34. The van der Waals surface area contributed by atoms with E-state index in [1.165, 1.54) is 36.5 Å². The Morgan fingerprint density at radius 2 is 1.94 bits per heavy atom. The minimum atomic E-state index is -4.75. The van der Waals surface area contributed by atoms with Gasteiger partial charge in [-0.1, -0.05) is 12.1 Å². The first-order valence-electron chi connectivity index (χ1n) is 10.7. The fraction of sp³-hybridized carbons (Fsp3) is 0.208. The van der Waals surface area contributed by atoms with Gasteiger partial charge in [0.05, 0.1) is 34.4 Å². The number of rotatable bonds is 5. The van der Waals surface area contributed by atoms with Crippen LogP contribution in [0.4, 0.5) is 30.2 Å². The van der Waals surface area contributed by atoms with Crippen molar-refractivity contribution in [3.05, 3.63) is 71.7 Å². The van der Waals surface area contributed by atoms with Gasteiger partial charge in [0, 0.05) is 37.8 Å². The van der Waals surface area contributed by atoms with Gasteiger partial charge >= 0.3 is 12.3 Å². The van der Waals surface area contributed by atoms with Crippen molar-refractivity contribution in [2.75, 3.05) is 17.3 Å². The number of nitrogens with one attached hydrogen (secondary N) is 1. The number of hydrogen-bond acceptors (Lipinski definition) is 6. The molecule has 8 nitrogen and oxygen atoms in total. The number of carboxylic acids is 1. The number of alkyl halides is 3. The number of nitrogens with zero attached hydrogens (tertiary/aromatic N) is 4. The second kappa shape index (κ2) is 8.19. The molecule has 2 aromatic heterocycles. The number of halogens is 3. The molecule has 0 spiro atoms. The van der Waals surface area contributed by atoms with Crippen molar-refractivity contribution in [3.63, 3.8) is 0 Å². The van der Waals surface area contributed by atoms with E-state index in [2.05, 4.69) is 15.0 Å². The van der Waals surface area contributed by atoms with Gasteiger partial charge in [-0.2, -0.15) is 5.10 Å². The van der Waals surface area contributed by atoms with Crippen LogP contribution in [0.25, 0.3) is 10.9 Å². The molecule has 1 atom stereocenters. The molecule has 180 valence electrons. The Balaban J connectivity index is 1.48. The van der Waals surface area contributed by atoms with E-state index in [4.69, 9.17) is 5.10 Å². The number of aryl methyl sites for hydroxylation is 1. The zero-order chi connectivity index (χ0) is 24.9. The molecule has 1 aliphatic rings. The average Bonchev–Trinajstić information content (AvgIpc) is 3.37. The standard InChI is InChI=1S/C24H20F3N5O3/c1-31(13-6-8-14(9-7-13)35-24(25,26)27)19-5-3-4-15-21(19)30-32(2)22(15)18-12-17-20(29-18)16(23(33)34)10-11-28-17/h3-11,18,29H,12H2,1-2H3,(H,33,34). The van der Waals surface area contributed by atoms with E-state index < -0.39 is 12.3 Å². The normalized spacial score (nSPS) is 15.1. The summed E-state index contributed by atoms with van der Waals surface area (Å²) in [4.78, 5) is 17.8. The maximum absolute atomic E-state index is 12.5. The molecule has 1 aliphatic heterocycles. The second-order valence-corrected chi connectivity index (χ2v) is 8.17. The highest BCUT2D eigenvalue weighted by Crippen LogP contribution is 2.40. The quantitative estimate of drug-likeness (QED) is 0.411. The van der Waals surface area contributed by atoms with Gasteiger partial charge in [-0.15, -0.1) is 13.2 Å². The molecule has 0 saturated heterocycles. The molecular formula is C24H20F3N5O3. The number of anilines is 3. The maximum atomic E-state index is 12.5. The monoisotopic (exact) mass is 483 g/mol. The van der Waals surface area contributed by atoms with Crippen molar-refractivity contribution in [1.29, 1.82) is 0 Å². The van der Waals surface area contributed by atoms with Crippen LogP contribution in [0.15, 0.2) is 54.7 Å². The van der Waals surface area contributed by atoms with Crippen LogP contribution >= 0.6 is 0 Å². The van der Waals surface area contributed by atoms with Gasteiger partial charge in [0.15, 0.2) is 0 Å². The number of carboxylic acid groups (broad SMARTS) is 1. The summed E-state index contributed by atoms with van der Waals surface area (Å²) in [6.07, 6.45) is -2.75. The fourth-order valence-electron chi connectivity index (χ4n) is 4.50. The van der Waals surface area contributed by atoms with Gasteiger partial charge in [0.2, 0.25) is 0 Å². The van der Waals surface area contributed by atoms with E-state index in [1.54, 1.807) is 11.7 Å². The number of ether oxygens (including phenoxy) is 1. The van der Waals surface area contributed by atoms with Crippen LogP contribution < -0.4 is 15.0 Å².